The van der Waals surface area contributed by atoms with Crippen LogP contribution in [-0.4, -0.2) is 27.1 Å². The zero-order chi connectivity index (χ0) is 18.4. The number of ether oxygens (including phenoxy) is 1. The van der Waals surface area contributed by atoms with E-state index in [9.17, 15) is 0 Å². The van der Waals surface area contributed by atoms with Gasteiger partial charge in [0.15, 0.2) is 8.32 Å². The molecule has 0 aromatic heterocycles. The van der Waals surface area contributed by atoms with Crippen molar-refractivity contribution in [2.24, 2.45) is 5.92 Å². The van der Waals surface area contributed by atoms with Crippen LogP contribution in [0.15, 0.2) is 36.0 Å². The maximum Gasteiger partial charge on any atom is 0.193 e. The Labute approximate surface area is 151 Å². The lowest BCUT2D eigenvalue weighted by Gasteiger charge is -2.46. The molecule has 0 aromatic carbocycles. The summed E-state index contributed by atoms with van der Waals surface area (Å²) in [5.74, 6) is 0.613. The minimum Gasteiger partial charge on any atom is -0.411 e. The van der Waals surface area contributed by atoms with E-state index in [-0.39, 0.29) is 17.2 Å². The Morgan fingerprint density at radius 3 is 2.54 bits per heavy atom. The monoisotopic (exact) mass is 350 g/mol. The third kappa shape index (κ3) is 5.43. The smallest absolute Gasteiger partial charge is 0.193 e. The molecule has 2 nitrogen and oxygen atoms in total. The van der Waals surface area contributed by atoms with E-state index < -0.39 is 8.32 Å². The van der Waals surface area contributed by atoms with Crippen LogP contribution in [0.25, 0.3) is 0 Å². The Morgan fingerprint density at radius 2 is 1.96 bits per heavy atom. The molecule has 0 saturated heterocycles. The number of hydrogen-bond donors (Lipinski definition) is 0. The molecule has 1 aliphatic carbocycles. The molecule has 0 radical (unpaired) electrons. The SMILES string of the molecule is C/C=C/C=C/CO[C@@H]1C(C)=CCC[C@@H]1O[Si](C)(C)C(C)(C)C(C)C. The summed E-state index contributed by atoms with van der Waals surface area (Å²) in [4.78, 5) is 0. The molecule has 1 aliphatic rings. The summed E-state index contributed by atoms with van der Waals surface area (Å²) in [5.41, 5.74) is 1.32. The third-order valence-electron chi connectivity index (χ3n) is 5.96. The first kappa shape index (κ1) is 21.4. The second kappa shape index (κ2) is 9.16. The van der Waals surface area contributed by atoms with Crippen LogP contribution < -0.4 is 0 Å². The number of rotatable bonds is 8. The quantitative estimate of drug-likeness (QED) is 0.292. The van der Waals surface area contributed by atoms with Gasteiger partial charge in [0, 0.05) is 0 Å². The van der Waals surface area contributed by atoms with Gasteiger partial charge in [-0.3, -0.25) is 0 Å². The summed E-state index contributed by atoms with van der Waals surface area (Å²) in [6.45, 7) is 18.9. The van der Waals surface area contributed by atoms with Gasteiger partial charge in [-0.2, -0.15) is 0 Å². The summed E-state index contributed by atoms with van der Waals surface area (Å²) in [6.07, 6.45) is 12.9. The fourth-order valence-corrected chi connectivity index (χ4v) is 5.72. The lowest BCUT2D eigenvalue weighted by Crippen LogP contribution is -2.51. The van der Waals surface area contributed by atoms with Crippen molar-refractivity contribution in [1.29, 1.82) is 0 Å². The van der Waals surface area contributed by atoms with Crippen LogP contribution in [0, 0.1) is 5.92 Å². The average molecular weight is 351 g/mol. The molecule has 0 aliphatic heterocycles. The van der Waals surface area contributed by atoms with Gasteiger partial charge in [-0.25, -0.2) is 0 Å². The fourth-order valence-electron chi connectivity index (χ4n) is 3.03. The summed E-state index contributed by atoms with van der Waals surface area (Å²) < 4.78 is 13.0. The fraction of sp³-hybridized carbons (Fsp3) is 0.714. The van der Waals surface area contributed by atoms with Gasteiger partial charge in [0.25, 0.3) is 0 Å². The van der Waals surface area contributed by atoms with E-state index in [4.69, 9.17) is 9.16 Å². The minimum absolute atomic E-state index is 0.0868. The first-order valence-corrected chi connectivity index (χ1v) is 12.3. The molecule has 0 saturated carbocycles. The van der Waals surface area contributed by atoms with E-state index in [2.05, 4.69) is 59.9 Å². The van der Waals surface area contributed by atoms with E-state index in [1.54, 1.807) is 0 Å². The standard InChI is InChI=1S/C21H38O2Si/c1-9-10-11-12-16-22-20-18(4)14-13-15-19(20)23-24(7,8)21(5,6)17(2)3/h9-12,14,17,19-20H,13,15-16H2,1-8H3/b10-9+,12-11+/t19-,20+/m0/s1. The predicted octanol–water partition coefficient (Wildman–Crippen LogP) is 6.27. The topological polar surface area (TPSA) is 18.5 Å². The van der Waals surface area contributed by atoms with Crippen molar-refractivity contribution in [2.45, 2.75) is 84.7 Å². The van der Waals surface area contributed by atoms with Crippen molar-refractivity contribution in [2.75, 3.05) is 6.61 Å². The molecule has 0 unspecified atom stereocenters. The Balaban J connectivity index is 2.81. The van der Waals surface area contributed by atoms with Crippen molar-refractivity contribution in [3.63, 3.8) is 0 Å². The molecule has 0 aromatic rings. The largest absolute Gasteiger partial charge is 0.411 e. The Bertz CT molecular complexity index is 472. The summed E-state index contributed by atoms with van der Waals surface area (Å²) in [7, 11) is -1.85. The van der Waals surface area contributed by atoms with Crippen LogP contribution in [0.2, 0.25) is 18.1 Å². The Hall–Kier alpha value is -0.643. The van der Waals surface area contributed by atoms with Crippen LogP contribution in [0.5, 0.6) is 0 Å². The molecule has 3 heteroatoms. The molecule has 138 valence electrons. The maximum absolute atomic E-state index is 6.80. The van der Waals surface area contributed by atoms with Crippen LogP contribution in [0.3, 0.4) is 0 Å². The van der Waals surface area contributed by atoms with Crippen LogP contribution >= 0.6 is 0 Å². The summed E-state index contributed by atoms with van der Waals surface area (Å²) in [5, 5.41) is 0.235. The Kier molecular flexibility index (Phi) is 8.17. The zero-order valence-corrected chi connectivity index (χ0v) is 18.1. The normalized spacial score (nSPS) is 23.5. The molecule has 0 N–H and O–H groups in total. The van der Waals surface area contributed by atoms with E-state index >= 15 is 0 Å². The van der Waals surface area contributed by atoms with Gasteiger partial charge < -0.3 is 9.16 Å². The first-order chi connectivity index (χ1) is 11.1. The van der Waals surface area contributed by atoms with Gasteiger partial charge in [-0.1, -0.05) is 58.1 Å². The molecule has 24 heavy (non-hydrogen) atoms. The van der Waals surface area contributed by atoms with Crippen molar-refractivity contribution in [3.05, 3.63) is 36.0 Å². The van der Waals surface area contributed by atoms with Crippen LogP contribution in [-0.2, 0) is 9.16 Å². The van der Waals surface area contributed by atoms with E-state index in [1.807, 2.05) is 25.2 Å². The second-order valence-electron chi connectivity index (χ2n) is 8.28. The van der Waals surface area contributed by atoms with Gasteiger partial charge >= 0.3 is 0 Å². The molecule has 0 heterocycles. The molecule has 0 fully saturated rings. The van der Waals surface area contributed by atoms with Crippen molar-refractivity contribution < 1.29 is 9.16 Å². The Morgan fingerprint density at radius 1 is 1.29 bits per heavy atom. The van der Waals surface area contributed by atoms with Gasteiger partial charge in [0.1, 0.15) is 6.10 Å². The zero-order valence-electron chi connectivity index (χ0n) is 17.1. The highest BCUT2D eigenvalue weighted by Gasteiger charge is 2.46. The summed E-state index contributed by atoms with van der Waals surface area (Å²) in [6, 6.07) is 0. The van der Waals surface area contributed by atoms with Gasteiger partial charge in [-0.05, 0) is 56.3 Å². The number of allylic oxidation sites excluding steroid dienone is 4. The second-order valence-corrected chi connectivity index (χ2v) is 12.8. The van der Waals surface area contributed by atoms with Crippen molar-refractivity contribution in [1.82, 2.24) is 0 Å². The van der Waals surface area contributed by atoms with Crippen molar-refractivity contribution >= 4 is 8.32 Å². The van der Waals surface area contributed by atoms with Gasteiger partial charge in [0.2, 0.25) is 0 Å². The minimum atomic E-state index is -1.85. The van der Waals surface area contributed by atoms with Crippen LogP contribution in [0.4, 0.5) is 0 Å². The van der Waals surface area contributed by atoms with Crippen LogP contribution in [0.1, 0.15) is 54.4 Å². The lowest BCUT2D eigenvalue weighted by atomic mass is 9.95. The first-order valence-electron chi connectivity index (χ1n) is 9.37. The molecular formula is C21H38O2Si. The summed E-state index contributed by atoms with van der Waals surface area (Å²) >= 11 is 0. The molecule has 0 amide bonds. The lowest BCUT2D eigenvalue weighted by molar-refractivity contribution is -0.00729. The van der Waals surface area contributed by atoms with Gasteiger partial charge in [0.05, 0.1) is 12.7 Å². The predicted molar refractivity (Wildman–Crippen MR) is 108 cm³/mol. The van der Waals surface area contributed by atoms with E-state index in [1.165, 1.54) is 5.57 Å². The number of hydrogen-bond acceptors (Lipinski definition) is 2. The highest BCUT2D eigenvalue weighted by atomic mass is 28.4. The van der Waals surface area contributed by atoms with E-state index in [0.717, 1.165) is 12.8 Å². The molecule has 2 atom stereocenters. The molecule has 0 bridgehead atoms. The van der Waals surface area contributed by atoms with E-state index in [0.29, 0.717) is 12.5 Å². The molecular weight excluding hydrogens is 312 g/mol. The molecule has 1 rings (SSSR count). The van der Waals surface area contributed by atoms with Crippen molar-refractivity contribution in [3.8, 4) is 0 Å². The van der Waals surface area contributed by atoms with Gasteiger partial charge in [-0.15, -0.1) is 0 Å². The average Bonchev–Trinajstić information content (AvgIpc) is 2.48. The molecule has 0 spiro atoms. The third-order valence-corrected chi connectivity index (χ3v) is 10.5. The maximum atomic E-state index is 6.80. The highest BCUT2D eigenvalue weighted by molar-refractivity contribution is 6.74. The highest BCUT2D eigenvalue weighted by Crippen LogP contribution is 2.46.